The van der Waals surface area contributed by atoms with Crippen molar-refractivity contribution in [1.29, 1.82) is 10.5 Å². The second-order valence-electron chi connectivity index (χ2n) is 15.5. The molecule has 2 heterocycles. The van der Waals surface area contributed by atoms with Gasteiger partial charge in [0, 0.05) is 78.9 Å². The number of pyridine rings is 2. The summed E-state index contributed by atoms with van der Waals surface area (Å²) in [7, 11) is 0. The number of carbonyl (C=O) groups is 2. The molecule has 0 amide bonds. The Hall–Kier alpha value is -7.68. The maximum atomic E-state index is 10.9. The number of benzene rings is 4. The fraction of sp³-hybridized carbons (Fsp3) is 0.208. The molecule has 6 aromatic rings. The summed E-state index contributed by atoms with van der Waals surface area (Å²) in [5, 5.41) is 40.5. The molecule has 0 aliphatic rings. The van der Waals surface area contributed by atoms with E-state index in [0.717, 1.165) is 62.2 Å². The molecular formula is C53H47Cl2N5O8. The molecular weight excluding hydrogens is 906 g/mol. The van der Waals surface area contributed by atoms with Crippen molar-refractivity contribution in [3.63, 3.8) is 0 Å². The SMILES string of the molecule is Cc1c(COc2cc(OCc3cncc(C#N)c3)c(CCC/C=C\C(=O)O)cc2Cl)cccc1-c1cccc(COc2cc(OCc3cncc(C#N)c3)c(CNC/C=C\C(=O)O)cc2Cl)c1C. The number of carboxylic acid groups (broad SMARTS) is 2. The molecule has 68 heavy (non-hydrogen) atoms. The number of ether oxygens (including phenoxy) is 4. The van der Waals surface area contributed by atoms with Crippen LogP contribution >= 0.6 is 23.2 Å². The lowest BCUT2D eigenvalue weighted by atomic mass is 9.92. The second-order valence-corrected chi connectivity index (χ2v) is 16.3. The Morgan fingerprint density at radius 1 is 0.632 bits per heavy atom. The summed E-state index contributed by atoms with van der Waals surface area (Å²) in [6, 6.07) is 26.7. The predicted molar refractivity (Wildman–Crippen MR) is 258 cm³/mol. The molecule has 0 saturated carbocycles. The Morgan fingerprint density at radius 3 is 1.63 bits per heavy atom. The third-order valence-corrected chi connectivity index (χ3v) is 11.3. The minimum absolute atomic E-state index is 0.129. The molecule has 4 aromatic carbocycles. The normalized spacial score (nSPS) is 11.0. The Kier molecular flexibility index (Phi) is 18.1. The number of nitrogens with zero attached hydrogens (tertiary/aromatic N) is 4. The van der Waals surface area contributed by atoms with E-state index in [2.05, 4.69) is 39.6 Å². The lowest BCUT2D eigenvalue weighted by molar-refractivity contribution is -0.132. The van der Waals surface area contributed by atoms with Crippen LogP contribution in [0.25, 0.3) is 11.1 Å². The van der Waals surface area contributed by atoms with Crippen molar-refractivity contribution < 1.29 is 38.7 Å². The van der Waals surface area contributed by atoms with E-state index in [1.165, 1.54) is 18.5 Å². The number of halogens is 2. The summed E-state index contributed by atoms with van der Waals surface area (Å²) in [5.41, 5.74) is 9.73. The number of allylic oxidation sites excluding steroid dienone is 1. The van der Waals surface area contributed by atoms with Crippen molar-refractivity contribution in [2.75, 3.05) is 6.54 Å². The highest BCUT2D eigenvalue weighted by Gasteiger charge is 2.17. The largest absolute Gasteiger partial charge is 0.488 e. The van der Waals surface area contributed by atoms with Crippen LogP contribution in [0.15, 0.2) is 122 Å². The third-order valence-electron chi connectivity index (χ3n) is 10.7. The zero-order valence-corrected chi connectivity index (χ0v) is 38.8. The number of hydrogen-bond acceptors (Lipinski definition) is 11. The van der Waals surface area contributed by atoms with Crippen LogP contribution in [0, 0.1) is 36.5 Å². The highest BCUT2D eigenvalue weighted by molar-refractivity contribution is 6.32. The van der Waals surface area contributed by atoms with Gasteiger partial charge in [-0.3, -0.25) is 9.97 Å². The zero-order chi connectivity index (χ0) is 48.4. The first-order valence-corrected chi connectivity index (χ1v) is 22.2. The quantitative estimate of drug-likeness (QED) is 0.0405. The van der Waals surface area contributed by atoms with Gasteiger partial charge in [-0.05, 0) is 96.3 Å². The summed E-state index contributed by atoms with van der Waals surface area (Å²) in [4.78, 5) is 30.1. The highest BCUT2D eigenvalue weighted by atomic mass is 35.5. The Bertz CT molecular complexity index is 2730. The summed E-state index contributed by atoms with van der Waals surface area (Å²) >= 11 is 13.6. The first kappa shape index (κ1) is 49.7. The highest BCUT2D eigenvalue weighted by Crippen LogP contribution is 2.38. The van der Waals surface area contributed by atoms with Gasteiger partial charge < -0.3 is 34.5 Å². The minimum Gasteiger partial charge on any atom is -0.488 e. The first-order chi connectivity index (χ1) is 32.9. The topological polar surface area (TPSA) is 197 Å². The third kappa shape index (κ3) is 14.2. The maximum Gasteiger partial charge on any atom is 0.328 e. The van der Waals surface area contributed by atoms with Crippen LogP contribution in [0.3, 0.4) is 0 Å². The number of rotatable bonds is 23. The monoisotopic (exact) mass is 951 g/mol. The van der Waals surface area contributed by atoms with Crippen LogP contribution in [0.4, 0.5) is 0 Å². The van der Waals surface area contributed by atoms with E-state index in [0.29, 0.717) is 82.1 Å². The van der Waals surface area contributed by atoms with Crippen LogP contribution in [-0.4, -0.2) is 38.7 Å². The Balaban J connectivity index is 1.18. The zero-order valence-electron chi connectivity index (χ0n) is 37.3. The van der Waals surface area contributed by atoms with Gasteiger partial charge in [-0.2, -0.15) is 10.5 Å². The van der Waals surface area contributed by atoms with Gasteiger partial charge in [0.1, 0.15) is 61.6 Å². The molecule has 0 atom stereocenters. The molecule has 6 rings (SSSR count). The number of aliphatic carboxylic acids is 2. The molecule has 0 radical (unpaired) electrons. The van der Waals surface area contributed by atoms with Gasteiger partial charge in [-0.25, -0.2) is 9.59 Å². The van der Waals surface area contributed by atoms with E-state index in [-0.39, 0.29) is 26.4 Å². The van der Waals surface area contributed by atoms with E-state index < -0.39 is 11.9 Å². The first-order valence-electron chi connectivity index (χ1n) is 21.4. The van der Waals surface area contributed by atoms with E-state index in [9.17, 15) is 20.1 Å². The Labute approximate surface area is 404 Å². The van der Waals surface area contributed by atoms with Crippen LogP contribution < -0.4 is 24.3 Å². The van der Waals surface area contributed by atoms with Crippen LogP contribution in [0.5, 0.6) is 23.0 Å². The molecule has 0 bridgehead atoms. The van der Waals surface area contributed by atoms with Crippen molar-refractivity contribution in [3.05, 3.63) is 188 Å². The van der Waals surface area contributed by atoms with Gasteiger partial charge in [0.2, 0.25) is 0 Å². The Morgan fingerprint density at radius 2 is 1.12 bits per heavy atom. The fourth-order valence-corrected chi connectivity index (χ4v) is 7.65. The summed E-state index contributed by atoms with van der Waals surface area (Å²) in [6.45, 7) is 5.41. The second kappa shape index (κ2) is 24.7. The molecule has 15 heteroatoms. The van der Waals surface area contributed by atoms with Crippen LogP contribution in [0.1, 0.15) is 68.5 Å². The van der Waals surface area contributed by atoms with Gasteiger partial charge in [-0.15, -0.1) is 0 Å². The standard InChI is InChI=1S/C53H47Cl2N5O8/c1-34-41(32-67-50-21-48(65-30-38-17-36(23-56)25-59-27-38)40(19-46(50)54)9-4-3-5-14-52(61)62)10-6-12-44(34)45-13-7-11-42(35(45)2)33-68-51-22-49(66-31-39-18-37(24-57)26-60-28-39)43(20-47(51)55)29-58-16-8-15-53(63)64/h5-8,10-15,17-22,25-28,58H,3-4,9,16,29-33H2,1-2H3,(H,61,62)(H,63,64)/b14-5-,15-8-. The molecule has 2 aromatic heterocycles. The van der Waals surface area contributed by atoms with E-state index in [4.69, 9.17) is 52.4 Å². The molecule has 0 fully saturated rings. The summed E-state index contributed by atoms with van der Waals surface area (Å²) in [6.07, 6.45) is 13.3. The van der Waals surface area contributed by atoms with Gasteiger partial charge in [0.25, 0.3) is 0 Å². The lowest BCUT2D eigenvalue weighted by Crippen LogP contribution is -2.14. The summed E-state index contributed by atoms with van der Waals surface area (Å²) in [5.74, 6) is -0.167. The number of nitrogens with one attached hydrogen (secondary N) is 1. The lowest BCUT2D eigenvalue weighted by Gasteiger charge is -2.19. The van der Waals surface area contributed by atoms with Crippen molar-refractivity contribution in [1.82, 2.24) is 15.3 Å². The molecule has 0 aliphatic carbocycles. The van der Waals surface area contributed by atoms with Crippen molar-refractivity contribution in [2.24, 2.45) is 0 Å². The molecule has 0 spiro atoms. The number of nitriles is 2. The van der Waals surface area contributed by atoms with E-state index in [1.807, 2.05) is 44.2 Å². The number of carboxylic acids is 2. The van der Waals surface area contributed by atoms with Gasteiger partial charge in [0.05, 0.1) is 21.2 Å². The molecule has 0 saturated heterocycles. The molecule has 346 valence electrons. The maximum absolute atomic E-state index is 10.9. The molecule has 3 N–H and O–H groups in total. The smallest absolute Gasteiger partial charge is 0.328 e. The number of aromatic nitrogens is 2. The van der Waals surface area contributed by atoms with Crippen molar-refractivity contribution in [2.45, 2.75) is 66.1 Å². The van der Waals surface area contributed by atoms with E-state index in [1.54, 1.807) is 48.8 Å². The fourth-order valence-electron chi connectivity index (χ4n) is 7.17. The van der Waals surface area contributed by atoms with E-state index >= 15 is 0 Å². The average molecular weight is 953 g/mol. The van der Waals surface area contributed by atoms with Crippen LogP contribution in [0.2, 0.25) is 10.0 Å². The van der Waals surface area contributed by atoms with Crippen molar-refractivity contribution >= 4 is 35.1 Å². The minimum atomic E-state index is -1.04. The molecule has 0 unspecified atom stereocenters. The summed E-state index contributed by atoms with van der Waals surface area (Å²) < 4.78 is 25.2. The average Bonchev–Trinajstić information content (AvgIpc) is 3.33. The van der Waals surface area contributed by atoms with Gasteiger partial charge >= 0.3 is 11.9 Å². The van der Waals surface area contributed by atoms with Crippen molar-refractivity contribution in [3.8, 4) is 46.3 Å². The van der Waals surface area contributed by atoms with Gasteiger partial charge in [-0.1, -0.05) is 71.8 Å². The molecule has 0 aliphatic heterocycles. The van der Waals surface area contributed by atoms with Gasteiger partial charge in [0.15, 0.2) is 0 Å². The number of unbranched alkanes of at least 4 members (excludes halogenated alkanes) is 1. The van der Waals surface area contributed by atoms with Crippen LogP contribution in [-0.2, 0) is 49.0 Å². The number of aryl methyl sites for hydroxylation is 1. The predicted octanol–water partition coefficient (Wildman–Crippen LogP) is 10.8. The molecule has 13 nitrogen and oxygen atoms in total. The number of hydrogen-bond donors (Lipinski definition) is 3.